The van der Waals surface area contributed by atoms with Crippen molar-refractivity contribution in [1.29, 1.82) is 0 Å². The molecule has 0 bridgehead atoms. The van der Waals surface area contributed by atoms with Crippen molar-refractivity contribution < 1.29 is 22.1 Å². The van der Waals surface area contributed by atoms with Gasteiger partial charge in [-0.1, -0.05) is 42.1 Å². The van der Waals surface area contributed by atoms with Crippen molar-refractivity contribution >= 4 is 50.5 Å². The Bertz CT molecular complexity index is 1480. The molecule has 0 aromatic heterocycles. The Labute approximate surface area is 212 Å². The van der Waals surface area contributed by atoms with Crippen LogP contribution in [0.5, 0.6) is 0 Å². The van der Waals surface area contributed by atoms with E-state index in [-0.39, 0.29) is 0 Å². The summed E-state index contributed by atoms with van der Waals surface area (Å²) in [6.07, 6.45) is 3.54. The summed E-state index contributed by atoms with van der Waals surface area (Å²) in [7, 11) is 3.71. The van der Waals surface area contributed by atoms with Crippen LogP contribution in [0.1, 0.15) is 23.6 Å². The predicted molar refractivity (Wildman–Crippen MR) is 148 cm³/mol. The lowest BCUT2D eigenvalue weighted by atomic mass is 9.87. The van der Waals surface area contributed by atoms with E-state index in [1.54, 1.807) is 12.1 Å². The highest BCUT2D eigenvalue weighted by Gasteiger charge is 2.39. The minimum absolute atomic E-state index is 0.470. The summed E-state index contributed by atoms with van der Waals surface area (Å²) in [5.41, 5.74) is 6.05. The summed E-state index contributed by atoms with van der Waals surface area (Å²) in [5, 5.41) is 1.89. The molecule has 1 heterocycles. The first-order valence-electron chi connectivity index (χ1n) is 11.3. The molecule has 0 spiro atoms. The van der Waals surface area contributed by atoms with Crippen LogP contribution in [0, 0.1) is 0 Å². The van der Waals surface area contributed by atoms with Crippen LogP contribution >= 0.6 is 6.26 Å². The largest absolute Gasteiger partial charge is 0.378 e. The van der Waals surface area contributed by atoms with Crippen LogP contribution in [-0.2, 0) is 32.2 Å². The summed E-state index contributed by atoms with van der Waals surface area (Å²) in [6, 6.07) is 13.5. The summed E-state index contributed by atoms with van der Waals surface area (Å²) >= 11 is 6.38. The zero-order valence-electron chi connectivity index (χ0n) is 20.5. The molecule has 2 aliphatic rings. The normalized spacial score (nSPS) is 19.3. The third-order valence-corrected chi connectivity index (χ3v) is 10.9. The van der Waals surface area contributed by atoms with E-state index >= 15 is 0 Å². The molecule has 184 valence electrons. The van der Waals surface area contributed by atoms with Gasteiger partial charge in [0.2, 0.25) is 0 Å². The third-order valence-electron chi connectivity index (χ3n) is 6.10. The fourth-order valence-electron chi connectivity index (χ4n) is 4.48. The van der Waals surface area contributed by atoms with Crippen LogP contribution in [0.4, 0.5) is 5.69 Å². The Kier molecular flexibility index (Phi) is 7.06. The molecule has 1 aliphatic heterocycles. The molecule has 1 atom stereocenters. The fraction of sp³-hybridized carbons (Fsp3) is 0.269. The standard InChI is InChI=1S/C26H29N2O4PS2/c1-6-32-33(34)24-15-19(27(2)3)11-13-22(24)26(23-14-12-20(28(4)5)16-25(23)33)21-10-8-7-9-18(21)17-35(29,30)31/h7-16H,6,17H2,1-5H3/p+1. The average Bonchev–Trinajstić information content (AvgIpc) is 2.79. The van der Waals surface area contributed by atoms with E-state index in [0.717, 1.165) is 44.3 Å². The highest BCUT2D eigenvalue weighted by molar-refractivity contribution is 8.18. The predicted octanol–water partition coefficient (Wildman–Crippen LogP) is 4.18. The second kappa shape index (κ2) is 9.60. The van der Waals surface area contributed by atoms with Crippen molar-refractivity contribution in [3.05, 3.63) is 88.3 Å². The SMILES string of the molecule is CCOP1(=S)C2=CC(=[N+](C)C)C=CC2=C(c2ccccc2CS(=O)(=O)O)c2ccc(N(C)C)cc21. The minimum atomic E-state index is -4.23. The van der Waals surface area contributed by atoms with Crippen molar-refractivity contribution in [2.24, 2.45) is 0 Å². The number of fused-ring (bicyclic) bond motifs is 2. The number of hydrogen-bond acceptors (Lipinski definition) is 5. The molecule has 35 heavy (non-hydrogen) atoms. The quantitative estimate of drug-likeness (QED) is 0.344. The Morgan fingerprint density at radius 3 is 2.43 bits per heavy atom. The van der Waals surface area contributed by atoms with Crippen LogP contribution in [0.3, 0.4) is 0 Å². The van der Waals surface area contributed by atoms with E-state index in [1.165, 1.54) is 0 Å². The minimum Gasteiger partial charge on any atom is -0.378 e. The van der Waals surface area contributed by atoms with Crippen LogP contribution in [0.15, 0.2) is 71.6 Å². The number of rotatable bonds is 6. The fourth-order valence-corrected chi connectivity index (χ4v) is 8.86. The first-order valence-corrected chi connectivity index (χ1v) is 15.6. The van der Waals surface area contributed by atoms with Gasteiger partial charge in [0.25, 0.3) is 10.1 Å². The monoisotopic (exact) mass is 529 g/mol. The van der Waals surface area contributed by atoms with Crippen molar-refractivity contribution in [2.45, 2.75) is 12.7 Å². The maximum absolute atomic E-state index is 11.9. The molecule has 6 nitrogen and oxygen atoms in total. The number of benzene rings is 2. The molecule has 0 saturated heterocycles. The number of nitrogens with zero attached hydrogens (tertiary/aromatic N) is 2. The van der Waals surface area contributed by atoms with Gasteiger partial charge in [0.05, 0.1) is 0 Å². The van der Waals surface area contributed by atoms with Gasteiger partial charge in [-0.25, -0.2) is 4.58 Å². The van der Waals surface area contributed by atoms with Crippen molar-refractivity contribution in [3.63, 3.8) is 0 Å². The number of allylic oxidation sites excluding steroid dienone is 5. The van der Waals surface area contributed by atoms with Crippen LogP contribution in [0.2, 0.25) is 0 Å². The Hall–Kier alpha value is -2.35. The molecular weight excluding hydrogens is 499 g/mol. The number of hydrogen-bond donors (Lipinski definition) is 1. The maximum atomic E-state index is 11.9. The smallest absolute Gasteiger partial charge is 0.269 e. The topological polar surface area (TPSA) is 69.8 Å². The second-order valence-electron chi connectivity index (χ2n) is 8.92. The molecule has 4 rings (SSSR count). The van der Waals surface area contributed by atoms with E-state index in [4.69, 9.17) is 16.3 Å². The van der Waals surface area contributed by atoms with Gasteiger partial charge < -0.3 is 9.42 Å². The average molecular weight is 530 g/mol. The second-order valence-corrected chi connectivity index (χ2v) is 14.2. The van der Waals surface area contributed by atoms with Crippen LogP contribution in [0.25, 0.3) is 5.57 Å². The molecule has 0 amide bonds. The van der Waals surface area contributed by atoms with E-state index in [1.807, 2.05) is 81.0 Å². The van der Waals surface area contributed by atoms with Gasteiger partial charge in [-0.3, -0.25) is 4.55 Å². The van der Waals surface area contributed by atoms with Gasteiger partial charge in [0.15, 0.2) is 5.71 Å². The Morgan fingerprint density at radius 1 is 1.09 bits per heavy atom. The number of anilines is 1. The lowest BCUT2D eigenvalue weighted by Crippen LogP contribution is -2.25. The van der Waals surface area contributed by atoms with Gasteiger partial charge >= 0.3 is 0 Å². The highest BCUT2D eigenvalue weighted by atomic mass is 32.4. The first-order chi connectivity index (χ1) is 16.5. The van der Waals surface area contributed by atoms with Crippen molar-refractivity contribution in [2.75, 3.05) is 39.7 Å². The zero-order valence-corrected chi connectivity index (χ0v) is 23.0. The molecule has 1 N–H and O–H groups in total. The lowest BCUT2D eigenvalue weighted by Gasteiger charge is -2.36. The Balaban J connectivity index is 2.14. The molecule has 0 fully saturated rings. The summed E-state index contributed by atoms with van der Waals surface area (Å²) < 4.78 is 41.8. The maximum Gasteiger partial charge on any atom is 0.269 e. The summed E-state index contributed by atoms with van der Waals surface area (Å²) in [4.78, 5) is 2.03. The van der Waals surface area contributed by atoms with Gasteiger partial charge in [0, 0.05) is 49.2 Å². The van der Waals surface area contributed by atoms with Gasteiger partial charge in [0.1, 0.15) is 26.1 Å². The molecule has 0 saturated carbocycles. The zero-order chi connectivity index (χ0) is 25.5. The summed E-state index contributed by atoms with van der Waals surface area (Å²) in [6.45, 7) is 2.43. The Morgan fingerprint density at radius 2 is 1.80 bits per heavy atom. The van der Waals surface area contributed by atoms with Gasteiger partial charge in [-0.05, 0) is 53.0 Å². The van der Waals surface area contributed by atoms with Crippen molar-refractivity contribution in [3.8, 4) is 0 Å². The van der Waals surface area contributed by atoms with Crippen molar-refractivity contribution in [1.82, 2.24) is 0 Å². The molecule has 2 aromatic rings. The van der Waals surface area contributed by atoms with Crippen LogP contribution in [-0.4, -0.2) is 58.1 Å². The molecular formula is C26H30N2O4PS2+. The molecule has 0 radical (unpaired) electrons. The molecule has 1 unspecified atom stereocenters. The molecule has 9 heteroatoms. The third kappa shape index (κ3) is 4.86. The van der Waals surface area contributed by atoms with E-state index in [0.29, 0.717) is 12.2 Å². The van der Waals surface area contributed by atoms with Gasteiger partial charge in [-0.2, -0.15) is 8.42 Å². The van der Waals surface area contributed by atoms with E-state index in [9.17, 15) is 13.0 Å². The van der Waals surface area contributed by atoms with E-state index in [2.05, 4.69) is 12.1 Å². The molecule has 2 aromatic carbocycles. The lowest BCUT2D eigenvalue weighted by molar-refractivity contribution is -0.462. The van der Waals surface area contributed by atoms with E-state index < -0.39 is 22.1 Å². The van der Waals surface area contributed by atoms with Gasteiger partial charge in [-0.15, -0.1) is 0 Å². The van der Waals surface area contributed by atoms with Crippen LogP contribution < -0.4 is 10.2 Å². The molecule has 1 aliphatic carbocycles. The summed E-state index contributed by atoms with van der Waals surface area (Å²) in [5.74, 6) is -0.470. The first kappa shape index (κ1) is 25.7. The highest BCUT2D eigenvalue weighted by Crippen LogP contribution is 2.63.